The Kier molecular flexibility index (Phi) is 4.79. The second-order valence-electron chi connectivity index (χ2n) is 6.46. The molecule has 25 heavy (non-hydrogen) atoms. The number of likely N-dealkylation sites (tertiary alicyclic amines) is 1. The van der Waals surface area contributed by atoms with Gasteiger partial charge in [0, 0.05) is 18.7 Å². The van der Waals surface area contributed by atoms with Gasteiger partial charge in [0.1, 0.15) is 5.69 Å². The summed E-state index contributed by atoms with van der Waals surface area (Å²) in [6, 6.07) is 9.85. The standard InChI is InChI=1S/C19H19F3N2O/c1-13-9-11-24(12-10-13)18(25)17-4-2-3-16(23-17)14-5-7-15(8-6-14)19(20,21)22/h2-8,13H,9-12H2,1H3. The molecule has 2 heterocycles. The van der Waals surface area contributed by atoms with E-state index in [1.165, 1.54) is 12.1 Å². The summed E-state index contributed by atoms with van der Waals surface area (Å²) in [4.78, 5) is 18.7. The minimum Gasteiger partial charge on any atom is -0.337 e. The highest BCUT2D eigenvalue weighted by Gasteiger charge is 2.30. The third kappa shape index (κ3) is 4.00. The summed E-state index contributed by atoms with van der Waals surface area (Å²) < 4.78 is 38.0. The number of amides is 1. The molecule has 1 fully saturated rings. The quantitative estimate of drug-likeness (QED) is 0.792. The largest absolute Gasteiger partial charge is 0.416 e. The van der Waals surface area contributed by atoms with Crippen LogP contribution in [0, 0.1) is 5.92 Å². The molecule has 0 unspecified atom stereocenters. The molecule has 0 N–H and O–H groups in total. The fourth-order valence-corrected chi connectivity index (χ4v) is 2.92. The van der Waals surface area contributed by atoms with E-state index in [1.807, 2.05) is 0 Å². The lowest BCUT2D eigenvalue weighted by atomic mass is 9.99. The van der Waals surface area contributed by atoms with Crippen molar-refractivity contribution in [2.75, 3.05) is 13.1 Å². The summed E-state index contributed by atoms with van der Waals surface area (Å²) in [5.74, 6) is 0.496. The topological polar surface area (TPSA) is 33.2 Å². The first-order valence-electron chi connectivity index (χ1n) is 8.28. The number of alkyl halides is 3. The van der Waals surface area contributed by atoms with Crippen molar-refractivity contribution in [1.82, 2.24) is 9.88 Å². The van der Waals surface area contributed by atoms with Gasteiger partial charge in [-0.3, -0.25) is 4.79 Å². The lowest BCUT2D eigenvalue weighted by Crippen LogP contribution is -2.38. The zero-order valence-corrected chi connectivity index (χ0v) is 13.9. The first-order valence-corrected chi connectivity index (χ1v) is 8.28. The van der Waals surface area contributed by atoms with Gasteiger partial charge in [-0.1, -0.05) is 25.1 Å². The number of nitrogens with zero attached hydrogens (tertiary/aromatic N) is 2. The van der Waals surface area contributed by atoms with Crippen LogP contribution in [-0.2, 0) is 6.18 Å². The van der Waals surface area contributed by atoms with Crippen LogP contribution in [-0.4, -0.2) is 28.9 Å². The number of piperidine rings is 1. The SMILES string of the molecule is CC1CCN(C(=O)c2cccc(-c3ccc(C(F)(F)F)cc3)n2)CC1. The normalized spacial score (nSPS) is 16.1. The number of carbonyl (C=O) groups excluding carboxylic acids is 1. The average Bonchev–Trinajstić information content (AvgIpc) is 2.61. The van der Waals surface area contributed by atoms with Crippen LogP contribution in [0.1, 0.15) is 35.8 Å². The van der Waals surface area contributed by atoms with E-state index >= 15 is 0 Å². The number of carbonyl (C=O) groups is 1. The highest BCUT2D eigenvalue weighted by Crippen LogP contribution is 2.30. The van der Waals surface area contributed by atoms with Gasteiger partial charge in [0.15, 0.2) is 0 Å². The predicted octanol–water partition coefficient (Wildman–Crippen LogP) is 4.64. The summed E-state index contributed by atoms with van der Waals surface area (Å²) in [6.45, 7) is 3.60. The number of benzene rings is 1. The lowest BCUT2D eigenvalue weighted by molar-refractivity contribution is -0.137. The molecule has 132 valence electrons. The Morgan fingerprint density at radius 2 is 1.72 bits per heavy atom. The summed E-state index contributed by atoms with van der Waals surface area (Å²) in [5.41, 5.74) is 0.665. The van der Waals surface area contributed by atoms with Crippen molar-refractivity contribution in [1.29, 1.82) is 0 Å². The lowest BCUT2D eigenvalue weighted by Gasteiger charge is -2.30. The van der Waals surface area contributed by atoms with Gasteiger partial charge in [0.25, 0.3) is 5.91 Å². The first kappa shape index (κ1) is 17.5. The second kappa shape index (κ2) is 6.86. The summed E-state index contributed by atoms with van der Waals surface area (Å²) in [5, 5.41) is 0. The van der Waals surface area contributed by atoms with Crippen LogP contribution in [0.2, 0.25) is 0 Å². The van der Waals surface area contributed by atoms with Crippen LogP contribution >= 0.6 is 0 Å². The van der Waals surface area contributed by atoms with Crippen molar-refractivity contribution in [2.24, 2.45) is 5.92 Å². The molecule has 1 saturated heterocycles. The third-order valence-electron chi connectivity index (χ3n) is 4.55. The van der Waals surface area contributed by atoms with Crippen molar-refractivity contribution in [3.05, 3.63) is 53.7 Å². The monoisotopic (exact) mass is 348 g/mol. The van der Waals surface area contributed by atoms with Crippen LogP contribution in [0.15, 0.2) is 42.5 Å². The van der Waals surface area contributed by atoms with E-state index in [2.05, 4.69) is 11.9 Å². The third-order valence-corrected chi connectivity index (χ3v) is 4.55. The molecular formula is C19H19F3N2O. The number of aromatic nitrogens is 1. The molecule has 1 aromatic carbocycles. The van der Waals surface area contributed by atoms with E-state index in [0.717, 1.165) is 25.0 Å². The Hall–Kier alpha value is -2.37. The van der Waals surface area contributed by atoms with Crippen LogP contribution in [0.4, 0.5) is 13.2 Å². The Morgan fingerprint density at radius 3 is 2.32 bits per heavy atom. The molecule has 0 saturated carbocycles. The van der Waals surface area contributed by atoms with Crippen LogP contribution < -0.4 is 0 Å². The maximum Gasteiger partial charge on any atom is 0.416 e. The molecule has 1 aliphatic rings. The van der Waals surface area contributed by atoms with E-state index in [9.17, 15) is 18.0 Å². The van der Waals surface area contributed by atoms with Gasteiger partial charge < -0.3 is 4.90 Å². The van der Waals surface area contributed by atoms with E-state index in [0.29, 0.717) is 36.0 Å². The van der Waals surface area contributed by atoms with Crippen molar-refractivity contribution in [3.63, 3.8) is 0 Å². The number of hydrogen-bond acceptors (Lipinski definition) is 2. The average molecular weight is 348 g/mol. The minimum absolute atomic E-state index is 0.124. The highest BCUT2D eigenvalue weighted by molar-refractivity contribution is 5.93. The van der Waals surface area contributed by atoms with Crippen molar-refractivity contribution < 1.29 is 18.0 Å². The predicted molar refractivity (Wildman–Crippen MR) is 89.0 cm³/mol. The molecule has 2 aromatic rings. The molecule has 0 bridgehead atoms. The molecule has 1 aromatic heterocycles. The zero-order valence-electron chi connectivity index (χ0n) is 13.9. The molecule has 3 nitrogen and oxygen atoms in total. The van der Waals surface area contributed by atoms with Gasteiger partial charge >= 0.3 is 6.18 Å². The Labute approximate surface area is 144 Å². The number of halogens is 3. The van der Waals surface area contributed by atoms with E-state index in [-0.39, 0.29) is 5.91 Å². The van der Waals surface area contributed by atoms with Gasteiger partial charge in [-0.15, -0.1) is 0 Å². The Morgan fingerprint density at radius 1 is 1.08 bits per heavy atom. The van der Waals surface area contributed by atoms with Gasteiger partial charge in [-0.25, -0.2) is 4.98 Å². The van der Waals surface area contributed by atoms with E-state index in [1.54, 1.807) is 23.1 Å². The number of pyridine rings is 1. The summed E-state index contributed by atoms with van der Waals surface area (Å²) >= 11 is 0. The number of hydrogen-bond donors (Lipinski definition) is 0. The van der Waals surface area contributed by atoms with Crippen molar-refractivity contribution in [3.8, 4) is 11.3 Å². The molecule has 6 heteroatoms. The summed E-state index contributed by atoms with van der Waals surface area (Å²) in [7, 11) is 0. The van der Waals surface area contributed by atoms with Gasteiger partial charge in [-0.2, -0.15) is 13.2 Å². The summed E-state index contributed by atoms with van der Waals surface area (Å²) in [6.07, 6.45) is -2.41. The van der Waals surface area contributed by atoms with Crippen LogP contribution in [0.5, 0.6) is 0 Å². The van der Waals surface area contributed by atoms with E-state index < -0.39 is 11.7 Å². The van der Waals surface area contributed by atoms with Crippen LogP contribution in [0.3, 0.4) is 0 Å². The fraction of sp³-hybridized carbons (Fsp3) is 0.368. The Balaban J connectivity index is 1.80. The van der Waals surface area contributed by atoms with E-state index in [4.69, 9.17) is 0 Å². The Bertz CT molecular complexity index is 748. The second-order valence-corrected chi connectivity index (χ2v) is 6.46. The fourth-order valence-electron chi connectivity index (χ4n) is 2.92. The maximum atomic E-state index is 12.7. The molecule has 0 aliphatic carbocycles. The minimum atomic E-state index is -4.37. The van der Waals surface area contributed by atoms with Crippen molar-refractivity contribution in [2.45, 2.75) is 25.9 Å². The molecule has 1 amide bonds. The van der Waals surface area contributed by atoms with Crippen LogP contribution in [0.25, 0.3) is 11.3 Å². The molecule has 1 aliphatic heterocycles. The maximum absolute atomic E-state index is 12.7. The zero-order chi connectivity index (χ0) is 18.0. The first-order chi connectivity index (χ1) is 11.8. The van der Waals surface area contributed by atoms with Gasteiger partial charge in [0.05, 0.1) is 11.3 Å². The highest BCUT2D eigenvalue weighted by atomic mass is 19.4. The van der Waals surface area contributed by atoms with Gasteiger partial charge in [0.2, 0.25) is 0 Å². The van der Waals surface area contributed by atoms with Crippen molar-refractivity contribution >= 4 is 5.91 Å². The molecule has 0 spiro atoms. The number of rotatable bonds is 2. The van der Waals surface area contributed by atoms with Gasteiger partial charge in [-0.05, 0) is 43.0 Å². The molecular weight excluding hydrogens is 329 g/mol. The molecule has 0 radical (unpaired) electrons. The smallest absolute Gasteiger partial charge is 0.337 e. The molecule has 3 rings (SSSR count). The molecule has 0 atom stereocenters.